The van der Waals surface area contributed by atoms with Crippen molar-refractivity contribution in [3.8, 4) is 11.4 Å². The number of anilines is 2. The Labute approximate surface area is 180 Å². The zero-order valence-electron chi connectivity index (χ0n) is 17.1. The number of hydrogen-bond acceptors (Lipinski definition) is 5. The molecule has 156 valence electrons. The fourth-order valence-corrected chi connectivity index (χ4v) is 3.72. The summed E-state index contributed by atoms with van der Waals surface area (Å²) in [4.78, 5) is 21.4. The normalized spacial score (nSPS) is 15.9. The highest BCUT2D eigenvalue weighted by Gasteiger charge is 2.15. The Kier molecular flexibility index (Phi) is 6.01. The predicted molar refractivity (Wildman–Crippen MR) is 120 cm³/mol. The van der Waals surface area contributed by atoms with Crippen molar-refractivity contribution in [1.82, 2.24) is 19.9 Å². The van der Waals surface area contributed by atoms with E-state index in [4.69, 9.17) is 11.6 Å². The van der Waals surface area contributed by atoms with Gasteiger partial charge in [0.25, 0.3) is 5.91 Å². The van der Waals surface area contributed by atoms with Gasteiger partial charge >= 0.3 is 0 Å². The molecule has 3 aromatic rings. The summed E-state index contributed by atoms with van der Waals surface area (Å²) in [7, 11) is 1.93. The molecule has 8 heteroatoms. The van der Waals surface area contributed by atoms with Gasteiger partial charge in [-0.1, -0.05) is 11.6 Å². The molecule has 7 nitrogen and oxygen atoms in total. The maximum atomic E-state index is 12.7. The molecule has 1 atom stereocenters. The van der Waals surface area contributed by atoms with Crippen LogP contribution in [0.25, 0.3) is 11.4 Å². The minimum absolute atomic E-state index is 0.226. The monoisotopic (exact) mass is 424 g/mol. The van der Waals surface area contributed by atoms with Crippen LogP contribution in [0.1, 0.15) is 28.9 Å². The van der Waals surface area contributed by atoms with Crippen LogP contribution in [0.2, 0.25) is 5.02 Å². The number of halogens is 1. The quantitative estimate of drug-likeness (QED) is 0.559. The van der Waals surface area contributed by atoms with Gasteiger partial charge in [0, 0.05) is 49.0 Å². The summed E-state index contributed by atoms with van der Waals surface area (Å²) in [5.74, 6) is 1.29. The van der Waals surface area contributed by atoms with Crippen molar-refractivity contribution in [3.05, 3.63) is 59.0 Å². The van der Waals surface area contributed by atoms with E-state index in [0.717, 1.165) is 36.0 Å². The van der Waals surface area contributed by atoms with E-state index >= 15 is 0 Å². The Bertz CT molecular complexity index is 1040. The lowest BCUT2D eigenvalue weighted by molar-refractivity contribution is 0.102. The van der Waals surface area contributed by atoms with Gasteiger partial charge in [-0.25, -0.2) is 9.97 Å². The van der Waals surface area contributed by atoms with Crippen LogP contribution in [0, 0.1) is 6.92 Å². The lowest BCUT2D eigenvalue weighted by atomic mass is 10.1. The zero-order valence-corrected chi connectivity index (χ0v) is 17.8. The number of amides is 1. The van der Waals surface area contributed by atoms with Crippen molar-refractivity contribution in [2.45, 2.75) is 25.8 Å². The highest BCUT2D eigenvalue weighted by Crippen LogP contribution is 2.30. The van der Waals surface area contributed by atoms with Crippen molar-refractivity contribution < 1.29 is 4.79 Å². The summed E-state index contributed by atoms with van der Waals surface area (Å²) in [6.45, 7) is 3.88. The Morgan fingerprint density at radius 1 is 1.27 bits per heavy atom. The molecule has 1 aliphatic heterocycles. The average molecular weight is 425 g/mol. The lowest BCUT2D eigenvalue weighted by Crippen LogP contribution is -2.29. The third kappa shape index (κ3) is 4.47. The number of imidazole rings is 1. The molecule has 3 heterocycles. The lowest BCUT2D eigenvalue weighted by Gasteiger charge is -2.12. The average Bonchev–Trinajstić information content (AvgIpc) is 3.39. The van der Waals surface area contributed by atoms with Crippen molar-refractivity contribution in [1.29, 1.82) is 0 Å². The third-order valence-corrected chi connectivity index (χ3v) is 5.73. The van der Waals surface area contributed by atoms with Crippen molar-refractivity contribution in [3.63, 3.8) is 0 Å². The smallest absolute Gasteiger partial charge is 0.257 e. The van der Waals surface area contributed by atoms with Crippen LogP contribution in [-0.4, -0.2) is 39.6 Å². The second-order valence-electron chi connectivity index (χ2n) is 7.54. The Balaban J connectivity index is 1.43. The number of pyridine rings is 1. The van der Waals surface area contributed by atoms with Crippen LogP contribution in [0.15, 0.2) is 42.7 Å². The summed E-state index contributed by atoms with van der Waals surface area (Å²) in [5, 5.41) is 10.2. The summed E-state index contributed by atoms with van der Waals surface area (Å²) in [6.07, 6.45) is 5.76. The summed E-state index contributed by atoms with van der Waals surface area (Å²) in [6, 6.07) is 9.45. The summed E-state index contributed by atoms with van der Waals surface area (Å²) in [5.41, 5.74) is 2.93. The van der Waals surface area contributed by atoms with Crippen molar-refractivity contribution in [2.75, 3.05) is 23.7 Å². The number of rotatable bonds is 6. The first kappa shape index (κ1) is 20.4. The molecule has 0 bridgehead atoms. The standard InChI is InChI=1S/C22H25ClN6O/c1-14-11-27-21(29(14)2)18-10-16(6-7-19(18)23)28-22(30)15-5-8-20(25-12-15)26-13-17-4-3-9-24-17/h5-8,10-12,17,24H,3-4,9,13H2,1-2H3,(H,25,26)(H,28,30)/t17-/m0/s1. The summed E-state index contributed by atoms with van der Waals surface area (Å²) >= 11 is 6.37. The highest BCUT2D eigenvalue weighted by molar-refractivity contribution is 6.33. The molecule has 0 radical (unpaired) electrons. The maximum absolute atomic E-state index is 12.7. The first-order chi connectivity index (χ1) is 14.5. The van der Waals surface area contributed by atoms with Crippen molar-refractivity contribution >= 4 is 29.0 Å². The molecule has 0 aliphatic carbocycles. The number of aromatic nitrogens is 3. The molecule has 30 heavy (non-hydrogen) atoms. The molecule has 1 saturated heterocycles. The van der Waals surface area contributed by atoms with Crippen LogP contribution >= 0.6 is 11.6 Å². The molecule has 1 amide bonds. The fourth-order valence-electron chi connectivity index (χ4n) is 3.51. The van der Waals surface area contributed by atoms with Crippen LogP contribution in [0.5, 0.6) is 0 Å². The van der Waals surface area contributed by atoms with Crippen LogP contribution in [0.3, 0.4) is 0 Å². The topological polar surface area (TPSA) is 83.9 Å². The van der Waals surface area contributed by atoms with Gasteiger partial charge < -0.3 is 20.5 Å². The Hall–Kier alpha value is -2.90. The third-order valence-electron chi connectivity index (χ3n) is 5.40. The molecule has 0 saturated carbocycles. The Morgan fingerprint density at radius 3 is 2.80 bits per heavy atom. The minimum Gasteiger partial charge on any atom is -0.369 e. The number of benzene rings is 1. The number of nitrogens with one attached hydrogen (secondary N) is 3. The van der Waals surface area contributed by atoms with Gasteiger partial charge in [0.2, 0.25) is 0 Å². The van der Waals surface area contributed by atoms with Crippen LogP contribution in [0.4, 0.5) is 11.5 Å². The van der Waals surface area contributed by atoms with Gasteiger partial charge in [0.05, 0.1) is 10.6 Å². The van der Waals surface area contributed by atoms with E-state index in [2.05, 4.69) is 25.9 Å². The van der Waals surface area contributed by atoms with E-state index in [1.165, 1.54) is 12.8 Å². The number of carbonyl (C=O) groups excluding carboxylic acids is 1. The van der Waals surface area contributed by atoms with Crippen LogP contribution < -0.4 is 16.0 Å². The fraction of sp³-hybridized carbons (Fsp3) is 0.318. The molecular formula is C22H25ClN6O. The first-order valence-corrected chi connectivity index (χ1v) is 10.4. The molecule has 2 aromatic heterocycles. The maximum Gasteiger partial charge on any atom is 0.257 e. The van der Waals surface area contributed by atoms with E-state index in [1.807, 2.05) is 30.7 Å². The van der Waals surface area contributed by atoms with Gasteiger partial charge in [-0.3, -0.25) is 4.79 Å². The van der Waals surface area contributed by atoms with Gasteiger partial charge in [0.1, 0.15) is 11.6 Å². The van der Waals surface area contributed by atoms with E-state index in [1.54, 1.807) is 30.6 Å². The molecular weight excluding hydrogens is 400 g/mol. The predicted octanol–water partition coefficient (Wildman–Crippen LogP) is 3.86. The molecule has 4 rings (SSSR count). The number of nitrogens with zero attached hydrogens (tertiary/aromatic N) is 3. The number of carbonyl (C=O) groups is 1. The first-order valence-electron chi connectivity index (χ1n) is 10.0. The largest absolute Gasteiger partial charge is 0.369 e. The van der Waals surface area contributed by atoms with Gasteiger partial charge in [-0.05, 0) is 56.6 Å². The van der Waals surface area contributed by atoms with E-state index < -0.39 is 0 Å². The van der Waals surface area contributed by atoms with E-state index in [-0.39, 0.29) is 5.91 Å². The summed E-state index contributed by atoms with van der Waals surface area (Å²) < 4.78 is 1.96. The highest BCUT2D eigenvalue weighted by atomic mass is 35.5. The molecule has 3 N–H and O–H groups in total. The van der Waals surface area contributed by atoms with Gasteiger partial charge in [-0.2, -0.15) is 0 Å². The minimum atomic E-state index is -0.226. The second kappa shape index (κ2) is 8.85. The van der Waals surface area contributed by atoms with Crippen LogP contribution in [-0.2, 0) is 7.05 Å². The molecule has 0 unspecified atom stereocenters. The second-order valence-corrected chi connectivity index (χ2v) is 7.94. The SMILES string of the molecule is Cc1cnc(-c2cc(NC(=O)c3ccc(NC[C@@H]4CCCN4)nc3)ccc2Cl)n1C. The number of aryl methyl sites for hydroxylation is 1. The van der Waals surface area contributed by atoms with Crippen molar-refractivity contribution in [2.24, 2.45) is 7.05 Å². The van der Waals surface area contributed by atoms with E-state index in [9.17, 15) is 4.79 Å². The van der Waals surface area contributed by atoms with E-state index in [0.29, 0.717) is 22.3 Å². The van der Waals surface area contributed by atoms with Gasteiger partial charge in [-0.15, -0.1) is 0 Å². The number of hydrogen-bond donors (Lipinski definition) is 3. The molecule has 1 aromatic carbocycles. The molecule has 0 spiro atoms. The van der Waals surface area contributed by atoms with Gasteiger partial charge in [0.15, 0.2) is 0 Å². The Morgan fingerprint density at radius 2 is 2.13 bits per heavy atom. The molecule has 1 fully saturated rings. The molecule has 1 aliphatic rings. The zero-order chi connectivity index (χ0) is 21.1.